The number of amides is 2. The van der Waals surface area contributed by atoms with Crippen molar-refractivity contribution >= 4 is 6.03 Å². The van der Waals surface area contributed by atoms with Crippen LogP contribution in [-0.2, 0) is 10.3 Å². The van der Waals surface area contributed by atoms with E-state index >= 15 is 0 Å². The molecule has 2 heterocycles. The summed E-state index contributed by atoms with van der Waals surface area (Å²) in [4.78, 5) is 16.7. The lowest BCUT2D eigenvalue weighted by molar-refractivity contribution is -0.0571. The Labute approximate surface area is 212 Å². The standard InChI is InChI=1S/C28H38FN3O4/c1-36-16-5-4-14-28(35,24-9-3-2-8-23(24)20-10-12-22(29)13-11-20)21-7-6-15-31(17-21)27(34)32-18-25(30)26(33)19-32/h2-3,8-13,21,25-26,33,35H,4-7,14-19,30H2,1H3. The number of halogens is 1. The number of carbonyl (C=O) groups is 1. The first-order chi connectivity index (χ1) is 17.3. The van der Waals surface area contributed by atoms with Crippen molar-refractivity contribution in [2.24, 2.45) is 11.7 Å². The highest BCUT2D eigenvalue weighted by Crippen LogP contribution is 2.43. The quantitative estimate of drug-likeness (QED) is 0.484. The second-order valence-electron chi connectivity index (χ2n) is 10.1. The Bertz CT molecular complexity index is 1010. The van der Waals surface area contributed by atoms with E-state index in [0.717, 1.165) is 42.4 Å². The fourth-order valence-corrected chi connectivity index (χ4v) is 5.65. The number of methoxy groups -OCH3 is 1. The molecule has 4 unspecified atom stereocenters. The van der Waals surface area contributed by atoms with Crippen LogP contribution in [0.5, 0.6) is 0 Å². The maximum atomic E-state index is 13.6. The molecule has 2 fully saturated rings. The molecule has 4 N–H and O–H groups in total. The third kappa shape index (κ3) is 5.72. The first kappa shape index (κ1) is 26.5. The van der Waals surface area contributed by atoms with E-state index in [4.69, 9.17) is 10.5 Å². The van der Waals surface area contributed by atoms with Gasteiger partial charge in [0.05, 0.1) is 11.7 Å². The van der Waals surface area contributed by atoms with Crippen molar-refractivity contribution < 1.29 is 24.1 Å². The zero-order chi connectivity index (χ0) is 25.7. The van der Waals surface area contributed by atoms with Crippen LogP contribution < -0.4 is 5.73 Å². The van der Waals surface area contributed by atoms with E-state index in [1.54, 1.807) is 29.0 Å². The van der Waals surface area contributed by atoms with Gasteiger partial charge < -0.3 is 30.5 Å². The molecular weight excluding hydrogens is 461 g/mol. The number of carbonyl (C=O) groups excluding carboxylic acids is 1. The number of nitrogens with zero attached hydrogens (tertiary/aromatic N) is 2. The van der Waals surface area contributed by atoms with Gasteiger partial charge in [0.25, 0.3) is 0 Å². The predicted octanol–water partition coefficient (Wildman–Crippen LogP) is 3.33. The number of nitrogens with two attached hydrogens (primary N) is 1. The molecule has 0 bridgehead atoms. The maximum absolute atomic E-state index is 13.6. The van der Waals surface area contributed by atoms with Gasteiger partial charge in [-0.1, -0.05) is 36.4 Å². The normalized spacial score (nSPS) is 24.1. The molecule has 0 aliphatic carbocycles. The minimum Gasteiger partial charge on any atom is -0.390 e. The zero-order valence-electron chi connectivity index (χ0n) is 21.0. The average molecular weight is 500 g/mol. The van der Waals surface area contributed by atoms with Crippen molar-refractivity contribution in [2.75, 3.05) is 39.9 Å². The van der Waals surface area contributed by atoms with Gasteiger partial charge >= 0.3 is 6.03 Å². The van der Waals surface area contributed by atoms with Crippen LogP contribution in [0.1, 0.15) is 37.7 Å². The van der Waals surface area contributed by atoms with Gasteiger partial charge in [0.1, 0.15) is 5.82 Å². The van der Waals surface area contributed by atoms with Crippen LogP contribution in [0.3, 0.4) is 0 Å². The summed E-state index contributed by atoms with van der Waals surface area (Å²) in [6, 6.07) is 13.5. The molecule has 8 heteroatoms. The molecule has 36 heavy (non-hydrogen) atoms. The summed E-state index contributed by atoms with van der Waals surface area (Å²) < 4.78 is 18.9. The Morgan fingerprint density at radius 3 is 2.56 bits per heavy atom. The predicted molar refractivity (Wildman–Crippen MR) is 137 cm³/mol. The summed E-state index contributed by atoms with van der Waals surface area (Å²) in [7, 11) is 1.67. The third-order valence-corrected chi connectivity index (χ3v) is 7.68. The molecule has 2 aromatic carbocycles. The molecular formula is C28H38FN3O4. The van der Waals surface area contributed by atoms with Gasteiger partial charge in [-0.05, 0) is 60.9 Å². The van der Waals surface area contributed by atoms with Gasteiger partial charge in [-0.15, -0.1) is 0 Å². The average Bonchev–Trinajstić information content (AvgIpc) is 3.24. The van der Waals surface area contributed by atoms with E-state index in [9.17, 15) is 19.4 Å². The summed E-state index contributed by atoms with van der Waals surface area (Å²) in [5.74, 6) is -0.486. The van der Waals surface area contributed by atoms with Crippen LogP contribution in [-0.4, -0.2) is 78.1 Å². The fraction of sp³-hybridized carbons (Fsp3) is 0.536. The highest BCUT2D eigenvalue weighted by atomic mass is 19.1. The summed E-state index contributed by atoms with van der Waals surface area (Å²) in [5, 5.41) is 22.5. The molecule has 2 aliphatic heterocycles. The van der Waals surface area contributed by atoms with E-state index in [1.165, 1.54) is 12.1 Å². The number of ether oxygens (including phenoxy) is 1. The van der Waals surface area contributed by atoms with Gasteiger partial charge in [-0.2, -0.15) is 0 Å². The Morgan fingerprint density at radius 2 is 1.86 bits per heavy atom. The lowest BCUT2D eigenvalue weighted by Gasteiger charge is -2.44. The van der Waals surface area contributed by atoms with Gasteiger partial charge in [-0.25, -0.2) is 9.18 Å². The number of aliphatic hydroxyl groups excluding tert-OH is 1. The van der Waals surface area contributed by atoms with Crippen LogP contribution in [0.25, 0.3) is 11.1 Å². The number of β-amino-alcohol motifs (C(OH)–C–C–N with tert-alkyl or cyclic N) is 1. The monoisotopic (exact) mass is 499 g/mol. The summed E-state index contributed by atoms with van der Waals surface area (Å²) in [6.07, 6.45) is 2.95. The minimum atomic E-state index is -1.18. The smallest absolute Gasteiger partial charge is 0.320 e. The lowest BCUT2D eigenvalue weighted by atomic mass is 9.72. The van der Waals surface area contributed by atoms with Gasteiger partial charge in [0.15, 0.2) is 0 Å². The summed E-state index contributed by atoms with van der Waals surface area (Å²) >= 11 is 0. The van der Waals surface area contributed by atoms with Crippen molar-refractivity contribution in [3.05, 3.63) is 59.9 Å². The maximum Gasteiger partial charge on any atom is 0.320 e. The number of likely N-dealkylation sites (tertiary alicyclic amines) is 2. The van der Waals surface area contributed by atoms with Crippen molar-refractivity contribution in [2.45, 2.75) is 49.9 Å². The molecule has 2 amide bonds. The topological polar surface area (TPSA) is 99.3 Å². The van der Waals surface area contributed by atoms with Crippen molar-refractivity contribution in [3.8, 4) is 11.1 Å². The van der Waals surface area contributed by atoms with Crippen molar-refractivity contribution in [1.29, 1.82) is 0 Å². The van der Waals surface area contributed by atoms with Crippen LogP contribution in [0.4, 0.5) is 9.18 Å². The number of benzene rings is 2. The number of rotatable bonds is 8. The van der Waals surface area contributed by atoms with Crippen LogP contribution in [0.15, 0.2) is 48.5 Å². The molecule has 7 nitrogen and oxygen atoms in total. The first-order valence-corrected chi connectivity index (χ1v) is 12.9. The highest BCUT2D eigenvalue weighted by Gasteiger charge is 2.43. The molecule has 2 aromatic rings. The highest BCUT2D eigenvalue weighted by molar-refractivity contribution is 5.75. The van der Waals surface area contributed by atoms with Crippen molar-refractivity contribution in [3.63, 3.8) is 0 Å². The van der Waals surface area contributed by atoms with E-state index < -0.39 is 17.7 Å². The Hall–Kier alpha value is -2.52. The molecule has 0 radical (unpaired) electrons. The molecule has 0 aromatic heterocycles. The molecule has 2 aliphatic rings. The largest absolute Gasteiger partial charge is 0.390 e. The van der Waals surface area contributed by atoms with Crippen molar-refractivity contribution in [1.82, 2.24) is 9.80 Å². The molecule has 2 saturated heterocycles. The second-order valence-corrected chi connectivity index (χ2v) is 10.1. The second kappa shape index (κ2) is 11.7. The number of hydrogen-bond donors (Lipinski definition) is 3. The van der Waals surface area contributed by atoms with E-state index in [0.29, 0.717) is 32.7 Å². The summed E-state index contributed by atoms with van der Waals surface area (Å²) in [5.41, 5.74) is 7.25. The zero-order valence-corrected chi connectivity index (χ0v) is 21.0. The van der Waals surface area contributed by atoms with Gasteiger partial charge in [0.2, 0.25) is 0 Å². The Balaban J connectivity index is 1.63. The number of urea groups is 1. The number of aliphatic hydroxyl groups is 2. The van der Waals surface area contributed by atoms with E-state index in [2.05, 4.69) is 0 Å². The van der Waals surface area contributed by atoms with E-state index in [-0.39, 0.29) is 24.3 Å². The molecule has 4 rings (SSSR count). The Morgan fingerprint density at radius 1 is 1.11 bits per heavy atom. The van der Waals surface area contributed by atoms with Gasteiger partial charge in [0, 0.05) is 51.9 Å². The van der Waals surface area contributed by atoms with Crippen LogP contribution in [0.2, 0.25) is 0 Å². The fourth-order valence-electron chi connectivity index (χ4n) is 5.65. The number of hydrogen-bond acceptors (Lipinski definition) is 5. The summed E-state index contributed by atoms with van der Waals surface area (Å²) in [6.45, 7) is 2.20. The van der Waals surface area contributed by atoms with Crippen LogP contribution >= 0.6 is 0 Å². The lowest BCUT2D eigenvalue weighted by Crippen LogP contribution is -2.52. The Kier molecular flexibility index (Phi) is 8.62. The first-order valence-electron chi connectivity index (χ1n) is 12.9. The number of piperidine rings is 1. The SMILES string of the molecule is COCCCCC(O)(c1ccccc1-c1ccc(F)cc1)C1CCCN(C(=O)N2CC(N)C(O)C2)C1. The minimum absolute atomic E-state index is 0.139. The third-order valence-electron chi connectivity index (χ3n) is 7.68. The van der Waals surface area contributed by atoms with Gasteiger partial charge in [-0.3, -0.25) is 0 Å². The van der Waals surface area contributed by atoms with E-state index in [1.807, 2.05) is 24.3 Å². The molecule has 0 saturated carbocycles. The molecule has 4 atom stereocenters. The van der Waals surface area contributed by atoms with Crippen LogP contribution in [0, 0.1) is 11.7 Å². The molecule has 196 valence electrons. The molecule has 0 spiro atoms. The number of unbranched alkanes of at least 4 members (excludes halogenated alkanes) is 1.